The van der Waals surface area contributed by atoms with Crippen LogP contribution in [0.15, 0.2) is 18.2 Å². The van der Waals surface area contributed by atoms with Gasteiger partial charge in [0.1, 0.15) is 5.60 Å². The molecule has 2 heterocycles. The molecule has 0 aromatic heterocycles. The second-order valence-electron chi connectivity index (χ2n) is 8.73. The first-order valence-electron chi connectivity index (χ1n) is 9.84. The smallest absolute Gasteiger partial charge is 0.407 e. The molecule has 2 aliphatic heterocycles. The van der Waals surface area contributed by atoms with Gasteiger partial charge in [-0.3, -0.25) is 0 Å². The maximum atomic E-state index is 12.0. The Morgan fingerprint density at radius 1 is 1.37 bits per heavy atom. The molecule has 6 heteroatoms. The number of thioether (sulfide) groups is 1. The van der Waals surface area contributed by atoms with E-state index in [4.69, 9.17) is 4.74 Å². The van der Waals surface area contributed by atoms with Crippen molar-refractivity contribution in [2.45, 2.75) is 64.2 Å². The third kappa shape index (κ3) is 5.11. The van der Waals surface area contributed by atoms with Gasteiger partial charge in [-0.2, -0.15) is 11.8 Å². The van der Waals surface area contributed by atoms with Crippen LogP contribution in [0.25, 0.3) is 0 Å². The number of anilines is 1. The minimum atomic E-state index is -0.699. The Balaban J connectivity index is 1.67. The molecule has 1 saturated heterocycles. The molecule has 2 aliphatic rings. The van der Waals surface area contributed by atoms with E-state index in [2.05, 4.69) is 28.4 Å². The van der Waals surface area contributed by atoms with Gasteiger partial charge < -0.3 is 20.1 Å². The Morgan fingerprint density at radius 3 is 2.74 bits per heavy atom. The van der Waals surface area contributed by atoms with Crippen molar-refractivity contribution in [2.75, 3.05) is 29.5 Å². The van der Waals surface area contributed by atoms with Gasteiger partial charge in [-0.05, 0) is 75.7 Å². The average molecular weight is 393 g/mol. The molecule has 2 N–H and O–H groups in total. The third-order valence-electron chi connectivity index (χ3n) is 5.19. The Kier molecular flexibility index (Phi) is 5.96. The van der Waals surface area contributed by atoms with Crippen LogP contribution in [0.5, 0.6) is 0 Å². The van der Waals surface area contributed by atoms with Crippen molar-refractivity contribution in [1.82, 2.24) is 5.32 Å². The van der Waals surface area contributed by atoms with E-state index in [0.29, 0.717) is 0 Å². The van der Waals surface area contributed by atoms with E-state index < -0.39 is 11.2 Å². The molecule has 0 bridgehead atoms. The van der Waals surface area contributed by atoms with Gasteiger partial charge in [0.25, 0.3) is 0 Å². The Morgan fingerprint density at radius 2 is 2.07 bits per heavy atom. The number of hydrogen-bond donors (Lipinski definition) is 2. The number of rotatable bonds is 4. The zero-order valence-corrected chi connectivity index (χ0v) is 17.7. The van der Waals surface area contributed by atoms with Gasteiger partial charge in [-0.25, -0.2) is 4.79 Å². The lowest BCUT2D eigenvalue weighted by atomic mass is 9.87. The largest absolute Gasteiger partial charge is 0.444 e. The molecule has 1 fully saturated rings. The molecule has 0 spiro atoms. The van der Waals surface area contributed by atoms with Crippen LogP contribution in [0, 0.1) is 0 Å². The summed E-state index contributed by atoms with van der Waals surface area (Å²) < 4.78 is 5.35. The van der Waals surface area contributed by atoms with Gasteiger partial charge in [-0.15, -0.1) is 0 Å². The first-order chi connectivity index (χ1) is 12.7. The third-order valence-corrected chi connectivity index (χ3v) is 6.18. The van der Waals surface area contributed by atoms with Crippen LogP contribution in [-0.4, -0.2) is 47.4 Å². The van der Waals surface area contributed by atoms with E-state index in [1.807, 2.05) is 39.5 Å². The normalized spacial score (nSPS) is 20.1. The lowest BCUT2D eigenvalue weighted by Gasteiger charge is -2.33. The van der Waals surface area contributed by atoms with Crippen molar-refractivity contribution in [3.05, 3.63) is 29.3 Å². The molecule has 1 unspecified atom stereocenters. The SMILES string of the molecule is CC(CN1CCc2ccc(C3(O)CCSCC3)cc21)NC(=O)OC(C)(C)C. The average Bonchev–Trinajstić information content (AvgIpc) is 2.96. The van der Waals surface area contributed by atoms with Gasteiger partial charge in [-0.1, -0.05) is 12.1 Å². The fraction of sp³-hybridized carbons (Fsp3) is 0.667. The number of carbonyl (C=O) groups is 1. The number of benzene rings is 1. The van der Waals surface area contributed by atoms with Gasteiger partial charge >= 0.3 is 6.09 Å². The van der Waals surface area contributed by atoms with E-state index >= 15 is 0 Å². The number of nitrogens with zero attached hydrogens (tertiary/aromatic N) is 1. The van der Waals surface area contributed by atoms with Gasteiger partial charge in [0.2, 0.25) is 0 Å². The standard InChI is InChI=1S/C21H32N2O3S/c1-15(22-19(24)26-20(2,3)4)14-23-10-7-16-5-6-17(13-18(16)23)21(25)8-11-27-12-9-21/h5-6,13,15,25H,7-12,14H2,1-4H3,(H,22,24). The summed E-state index contributed by atoms with van der Waals surface area (Å²) in [6.45, 7) is 9.26. The van der Waals surface area contributed by atoms with E-state index in [1.165, 1.54) is 11.3 Å². The van der Waals surface area contributed by atoms with Crippen LogP contribution in [0.2, 0.25) is 0 Å². The molecule has 1 aromatic rings. The van der Waals surface area contributed by atoms with Crippen molar-refractivity contribution < 1.29 is 14.6 Å². The first-order valence-corrected chi connectivity index (χ1v) is 11.0. The zero-order valence-electron chi connectivity index (χ0n) is 16.9. The molecule has 1 atom stereocenters. The number of aliphatic hydroxyl groups is 1. The minimum Gasteiger partial charge on any atom is -0.444 e. The number of nitrogens with one attached hydrogen (secondary N) is 1. The van der Waals surface area contributed by atoms with Gasteiger partial charge in [0, 0.05) is 24.8 Å². The zero-order chi connectivity index (χ0) is 19.7. The number of hydrogen-bond acceptors (Lipinski definition) is 5. The second kappa shape index (κ2) is 7.92. The van der Waals surface area contributed by atoms with E-state index in [-0.39, 0.29) is 12.1 Å². The van der Waals surface area contributed by atoms with Crippen LogP contribution < -0.4 is 10.2 Å². The monoisotopic (exact) mass is 392 g/mol. The highest BCUT2D eigenvalue weighted by molar-refractivity contribution is 7.99. The number of carbonyl (C=O) groups excluding carboxylic acids is 1. The summed E-state index contributed by atoms with van der Waals surface area (Å²) in [6.07, 6.45) is 2.25. The van der Waals surface area contributed by atoms with Gasteiger partial charge in [0.15, 0.2) is 0 Å². The maximum absolute atomic E-state index is 12.0. The van der Waals surface area contributed by atoms with Crippen LogP contribution in [0.4, 0.5) is 10.5 Å². The highest BCUT2D eigenvalue weighted by Gasteiger charge is 2.33. The van der Waals surface area contributed by atoms with Crippen LogP contribution in [-0.2, 0) is 16.8 Å². The Hall–Kier alpha value is -1.40. The molecule has 150 valence electrons. The summed E-state index contributed by atoms with van der Waals surface area (Å²) in [7, 11) is 0. The second-order valence-corrected chi connectivity index (χ2v) is 9.96. The van der Waals surface area contributed by atoms with Crippen LogP contribution in [0.3, 0.4) is 0 Å². The first kappa shape index (κ1) is 20.3. The molecule has 1 aromatic carbocycles. The van der Waals surface area contributed by atoms with Crippen molar-refractivity contribution in [1.29, 1.82) is 0 Å². The molecular formula is C21H32N2O3S. The summed E-state index contributed by atoms with van der Waals surface area (Å²) in [4.78, 5) is 14.3. The molecule has 1 amide bonds. The Bertz CT molecular complexity index is 680. The highest BCUT2D eigenvalue weighted by Crippen LogP contribution is 2.39. The lowest BCUT2D eigenvalue weighted by Crippen LogP contribution is -2.43. The topological polar surface area (TPSA) is 61.8 Å². The van der Waals surface area contributed by atoms with E-state index in [9.17, 15) is 9.90 Å². The van der Waals surface area contributed by atoms with E-state index in [1.54, 1.807) is 0 Å². The number of amides is 1. The predicted octanol–water partition coefficient (Wildman–Crippen LogP) is 3.68. The molecule has 27 heavy (non-hydrogen) atoms. The highest BCUT2D eigenvalue weighted by atomic mass is 32.2. The quantitative estimate of drug-likeness (QED) is 0.818. The predicted molar refractivity (Wildman–Crippen MR) is 112 cm³/mol. The van der Waals surface area contributed by atoms with E-state index in [0.717, 1.165) is 49.4 Å². The van der Waals surface area contributed by atoms with Gasteiger partial charge in [0.05, 0.1) is 5.60 Å². The molecule has 0 aliphatic carbocycles. The summed E-state index contributed by atoms with van der Waals surface area (Å²) >= 11 is 1.91. The maximum Gasteiger partial charge on any atom is 0.407 e. The minimum absolute atomic E-state index is 0.0244. The molecule has 3 rings (SSSR count). The van der Waals surface area contributed by atoms with Crippen LogP contribution in [0.1, 0.15) is 51.7 Å². The molecule has 5 nitrogen and oxygen atoms in total. The fourth-order valence-electron chi connectivity index (χ4n) is 3.81. The summed E-state index contributed by atoms with van der Waals surface area (Å²) in [6, 6.07) is 6.40. The summed E-state index contributed by atoms with van der Waals surface area (Å²) in [5.41, 5.74) is 2.34. The van der Waals surface area contributed by atoms with Crippen molar-refractivity contribution in [3.63, 3.8) is 0 Å². The van der Waals surface area contributed by atoms with Crippen LogP contribution >= 0.6 is 11.8 Å². The fourth-order valence-corrected chi connectivity index (χ4v) is 4.98. The summed E-state index contributed by atoms with van der Waals surface area (Å²) in [5, 5.41) is 14.0. The molecule has 0 saturated carbocycles. The Labute approximate surface area is 166 Å². The van der Waals surface area contributed by atoms with Crippen molar-refractivity contribution in [2.24, 2.45) is 0 Å². The molecule has 0 radical (unpaired) electrons. The molecular weight excluding hydrogens is 360 g/mol. The van der Waals surface area contributed by atoms with Crippen molar-refractivity contribution >= 4 is 23.5 Å². The number of fused-ring (bicyclic) bond motifs is 1. The van der Waals surface area contributed by atoms with Crippen molar-refractivity contribution in [3.8, 4) is 0 Å². The number of alkyl carbamates (subject to hydrolysis) is 1. The lowest BCUT2D eigenvalue weighted by molar-refractivity contribution is 0.0281. The number of ether oxygens (including phenoxy) is 1. The summed E-state index contributed by atoms with van der Waals surface area (Å²) in [5.74, 6) is 2.02.